The summed E-state index contributed by atoms with van der Waals surface area (Å²) in [6.45, 7) is 6.62. The molecule has 3 heterocycles. The van der Waals surface area contributed by atoms with Crippen molar-refractivity contribution in [1.82, 2.24) is 15.1 Å². The first-order valence-corrected chi connectivity index (χ1v) is 13.4. The maximum Gasteiger partial charge on any atom is 0.410 e. The normalized spacial score (nSPS) is 17.0. The largest absolute Gasteiger partial charge is 0.464 e. The lowest BCUT2D eigenvalue weighted by atomic mass is 10.0. The monoisotopic (exact) mass is 548 g/mol. The fourth-order valence-corrected chi connectivity index (χ4v) is 5.12. The fourth-order valence-electron chi connectivity index (χ4n) is 5.12. The van der Waals surface area contributed by atoms with Crippen LogP contribution in [0.15, 0.2) is 65.3 Å². The number of furan rings is 1. The van der Waals surface area contributed by atoms with E-state index in [4.69, 9.17) is 9.15 Å². The number of anilines is 1. The first kappa shape index (κ1) is 27.2. The lowest BCUT2D eigenvalue weighted by Gasteiger charge is -2.42. The quantitative estimate of drug-likeness (QED) is 0.500. The van der Waals surface area contributed by atoms with Gasteiger partial charge in [0.1, 0.15) is 17.2 Å². The Bertz CT molecular complexity index is 1400. The zero-order valence-electron chi connectivity index (χ0n) is 22.9. The van der Waals surface area contributed by atoms with E-state index in [-0.39, 0.29) is 38.1 Å². The van der Waals surface area contributed by atoms with Crippen LogP contribution in [0.1, 0.15) is 36.7 Å². The van der Waals surface area contributed by atoms with Gasteiger partial charge in [-0.3, -0.25) is 9.69 Å². The maximum absolute atomic E-state index is 13.9. The minimum atomic E-state index is -0.672. The van der Waals surface area contributed by atoms with Gasteiger partial charge in [-0.05, 0) is 63.1 Å². The molecular formula is C30H33FN4O5. The van der Waals surface area contributed by atoms with E-state index < -0.39 is 23.6 Å². The first-order chi connectivity index (χ1) is 19.1. The highest BCUT2D eigenvalue weighted by atomic mass is 19.1. The van der Waals surface area contributed by atoms with Crippen LogP contribution in [0, 0.1) is 5.82 Å². The number of halogens is 1. The molecule has 3 aromatic rings. The number of urea groups is 1. The highest BCUT2D eigenvalue weighted by Gasteiger charge is 2.36. The minimum absolute atomic E-state index is 0.0912. The van der Waals surface area contributed by atoms with E-state index in [0.717, 1.165) is 5.56 Å². The smallest absolute Gasteiger partial charge is 0.410 e. The van der Waals surface area contributed by atoms with Crippen molar-refractivity contribution in [3.8, 4) is 11.3 Å². The summed E-state index contributed by atoms with van der Waals surface area (Å²) in [5.41, 5.74) is 1.89. The molecule has 2 aliphatic heterocycles. The Balaban J connectivity index is 1.37. The third-order valence-electron chi connectivity index (χ3n) is 7.02. The van der Waals surface area contributed by atoms with Gasteiger partial charge < -0.3 is 24.3 Å². The second-order valence-electron chi connectivity index (χ2n) is 11.0. The van der Waals surface area contributed by atoms with Gasteiger partial charge in [0.2, 0.25) is 0 Å². The van der Waals surface area contributed by atoms with E-state index >= 15 is 0 Å². The van der Waals surface area contributed by atoms with Gasteiger partial charge in [0.25, 0.3) is 5.91 Å². The highest BCUT2D eigenvalue weighted by molar-refractivity contribution is 6.00. The fraction of sp³-hybridized carbons (Fsp3) is 0.367. The summed E-state index contributed by atoms with van der Waals surface area (Å²) in [7, 11) is 0. The van der Waals surface area contributed by atoms with E-state index in [0.29, 0.717) is 35.5 Å². The molecule has 0 radical (unpaired) electrons. The molecule has 5 rings (SSSR count). The van der Waals surface area contributed by atoms with Crippen molar-refractivity contribution in [2.45, 2.75) is 38.8 Å². The zero-order chi connectivity index (χ0) is 28.4. The molecule has 0 spiro atoms. The van der Waals surface area contributed by atoms with Gasteiger partial charge in [0.05, 0.1) is 23.6 Å². The van der Waals surface area contributed by atoms with E-state index in [9.17, 15) is 18.8 Å². The van der Waals surface area contributed by atoms with Gasteiger partial charge >= 0.3 is 12.1 Å². The molecule has 2 aliphatic rings. The topological polar surface area (TPSA) is 95.3 Å². The SMILES string of the molecule is CC(C)(C)OC(=O)N1CCN(C(=O)c2ccccc2-c2ccco2)[C@H](CNC(=O)N2CCc3ccc(F)cc32)C1. The number of fused-ring (bicyclic) bond motifs is 1. The molecule has 1 N–H and O–H groups in total. The third-order valence-corrected chi connectivity index (χ3v) is 7.02. The summed E-state index contributed by atoms with van der Waals surface area (Å²) in [5.74, 6) is -0.0736. The molecule has 1 fully saturated rings. The Morgan fingerprint density at radius 2 is 1.85 bits per heavy atom. The Hall–Kier alpha value is -4.34. The van der Waals surface area contributed by atoms with E-state index in [1.54, 1.807) is 67.2 Å². The van der Waals surface area contributed by atoms with Crippen molar-refractivity contribution in [1.29, 1.82) is 0 Å². The number of ether oxygens (including phenoxy) is 1. The summed E-state index contributed by atoms with van der Waals surface area (Å²) in [5, 5.41) is 2.91. The third kappa shape index (κ3) is 5.80. The van der Waals surface area contributed by atoms with E-state index in [2.05, 4.69) is 5.32 Å². The number of hydrogen-bond donors (Lipinski definition) is 1. The average Bonchev–Trinajstić information content (AvgIpc) is 3.60. The molecule has 10 heteroatoms. The van der Waals surface area contributed by atoms with Crippen LogP contribution >= 0.6 is 0 Å². The maximum atomic E-state index is 13.9. The summed E-state index contributed by atoms with van der Waals surface area (Å²) >= 11 is 0. The molecule has 1 saturated heterocycles. The van der Waals surface area contributed by atoms with Crippen molar-refractivity contribution in [2.75, 3.05) is 37.6 Å². The first-order valence-electron chi connectivity index (χ1n) is 13.4. The van der Waals surface area contributed by atoms with Crippen LogP contribution in [0.2, 0.25) is 0 Å². The molecule has 40 heavy (non-hydrogen) atoms. The molecule has 1 atom stereocenters. The second-order valence-corrected chi connectivity index (χ2v) is 11.0. The van der Waals surface area contributed by atoms with Crippen molar-refractivity contribution in [3.63, 3.8) is 0 Å². The molecule has 0 aliphatic carbocycles. The van der Waals surface area contributed by atoms with Gasteiger partial charge in [0, 0.05) is 38.3 Å². The van der Waals surface area contributed by atoms with Crippen LogP contribution in [0.5, 0.6) is 0 Å². The Labute approximate surface area is 232 Å². The lowest BCUT2D eigenvalue weighted by molar-refractivity contribution is 0.00477. The molecule has 210 valence electrons. The van der Waals surface area contributed by atoms with Crippen molar-refractivity contribution >= 4 is 23.7 Å². The molecule has 4 amide bonds. The van der Waals surface area contributed by atoms with Gasteiger partial charge in [-0.25, -0.2) is 14.0 Å². The molecule has 1 aromatic heterocycles. The van der Waals surface area contributed by atoms with Gasteiger partial charge in [0.15, 0.2) is 0 Å². The molecule has 2 aromatic carbocycles. The van der Waals surface area contributed by atoms with Gasteiger partial charge in [-0.1, -0.05) is 24.3 Å². The zero-order valence-corrected chi connectivity index (χ0v) is 22.9. The number of rotatable bonds is 4. The van der Waals surface area contributed by atoms with Crippen LogP contribution < -0.4 is 10.2 Å². The molecule has 9 nitrogen and oxygen atoms in total. The lowest BCUT2D eigenvalue weighted by Crippen LogP contribution is -2.60. The standard InChI is InChI=1S/C30H33FN4O5/c1-30(2,3)40-29(38)33-14-15-34(27(36)24-8-5-4-7-23(24)26-9-6-16-39-26)22(19-33)18-32-28(37)35-13-12-20-10-11-21(31)17-25(20)35/h4-11,16-17,22H,12-15,18-19H2,1-3H3,(H,32,37)/t22-/m1/s1. The van der Waals surface area contributed by atoms with E-state index in [1.807, 2.05) is 12.1 Å². The van der Waals surface area contributed by atoms with E-state index in [1.165, 1.54) is 17.0 Å². The molecule has 0 bridgehead atoms. The number of nitrogens with zero attached hydrogens (tertiary/aromatic N) is 3. The second kappa shape index (κ2) is 11.0. The number of amides is 4. The number of hydrogen-bond acceptors (Lipinski definition) is 5. The summed E-state index contributed by atoms with van der Waals surface area (Å²) in [6.07, 6.45) is 1.71. The highest BCUT2D eigenvalue weighted by Crippen LogP contribution is 2.29. The van der Waals surface area contributed by atoms with Crippen LogP contribution in [0.25, 0.3) is 11.3 Å². The number of carbonyl (C=O) groups is 3. The Morgan fingerprint density at radius 3 is 2.60 bits per heavy atom. The Morgan fingerprint density at radius 1 is 1.05 bits per heavy atom. The number of benzene rings is 2. The average molecular weight is 549 g/mol. The summed E-state index contributed by atoms with van der Waals surface area (Å²) in [4.78, 5) is 44.7. The van der Waals surface area contributed by atoms with Gasteiger partial charge in [-0.2, -0.15) is 0 Å². The van der Waals surface area contributed by atoms with Crippen LogP contribution in [-0.4, -0.2) is 72.2 Å². The predicted octanol–water partition coefficient (Wildman–Crippen LogP) is 4.92. The summed E-state index contributed by atoms with van der Waals surface area (Å²) < 4.78 is 25.0. The predicted molar refractivity (Wildman–Crippen MR) is 148 cm³/mol. The summed E-state index contributed by atoms with van der Waals surface area (Å²) in [6, 6.07) is 14.3. The van der Waals surface area contributed by atoms with Gasteiger partial charge in [-0.15, -0.1) is 0 Å². The van der Waals surface area contributed by atoms with Crippen molar-refractivity contribution < 1.29 is 27.9 Å². The van der Waals surface area contributed by atoms with Crippen LogP contribution in [0.4, 0.5) is 19.7 Å². The van der Waals surface area contributed by atoms with Crippen LogP contribution in [-0.2, 0) is 11.2 Å². The molecule has 0 unspecified atom stereocenters. The molecule has 0 saturated carbocycles. The van der Waals surface area contributed by atoms with Crippen LogP contribution in [0.3, 0.4) is 0 Å². The number of piperazine rings is 1. The number of nitrogens with one attached hydrogen (secondary N) is 1. The van der Waals surface area contributed by atoms with Crippen molar-refractivity contribution in [2.24, 2.45) is 0 Å². The Kier molecular flexibility index (Phi) is 7.51. The number of carbonyl (C=O) groups excluding carboxylic acids is 3. The minimum Gasteiger partial charge on any atom is -0.464 e. The molecular weight excluding hydrogens is 515 g/mol. The van der Waals surface area contributed by atoms with Crippen molar-refractivity contribution in [3.05, 3.63) is 77.8 Å².